The number of amides is 1. The van der Waals surface area contributed by atoms with Gasteiger partial charge in [0.1, 0.15) is 0 Å². The molecule has 0 saturated carbocycles. The van der Waals surface area contributed by atoms with Gasteiger partial charge >= 0.3 is 36.0 Å². The van der Waals surface area contributed by atoms with E-state index >= 15 is 0 Å². The van der Waals surface area contributed by atoms with E-state index in [4.69, 9.17) is 0 Å². The largest absolute Gasteiger partial charge is 0.392 e. The lowest BCUT2D eigenvalue weighted by Gasteiger charge is -2.38. The fourth-order valence-corrected chi connectivity index (χ4v) is 3.22. The van der Waals surface area contributed by atoms with Gasteiger partial charge in [0.25, 0.3) is 5.91 Å². The number of carbonyl (C=O) groups excluding carboxylic acids is 1. The van der Waals surface area contributed by atoms with Crippen LogP contribution in [0.2, 0.25) is 0 Å². The van der Waals surface area contributed by atoms with Gasteiger partial charge in [0.05, 0.1) is 0 Å². The van der Waals surface area contributed by atoms with Gasteiger partial charge in [0.2, 0.25) is 0 Å². The SMILES string of the molecule is O=C(NCCC(c1ccccc1)c1ccccc1)C(F)(F)C(F)(F)C(F)(F)C(F)(F)C(F)(F)C(F)F. The van der Waals surface area contributed by atoms with Crippen molar-refractivity contribution in [3.63, 3.8) is 0 Å². The topological polar surface area (TPSA) is 29.1 Å². The van der Waals surface area contributed by atoms with Crippen LogP contribution in [0.4, 0.5) is 52.7 Å². The van der Waals surface area contributed by atoms with Gasteiger partial charge in [-0.05, 0) is 17.5 Å². The Labute approximate surface area is 196 Å². The van der Waals surface area contributed by atoms with Gasteiger partial charge in [-0.15, -0.1) is 0 Å². The maximum absolute atomic E-state index is 14.0. The predicted molar refractivity (Wildman–Crippen MR) is 103 cm³/mol. The van der Waals surface area contributed by atoms with Gasteiger partial charge < -0.3 is 5.32 Å². The van der Waals surface area contributed by atoms with E-state index in [9.17, 15) is 57.5 Å². The van der Waals surface area contributed by atoms with Crippen LogP contribution in [0, 0.1) is 0 Å². The number of nitrogens with one attached hydrogen (secondary N) is 1. The second kappa shape index (κ2) is 10.2. The molecule has 0 fully saturated rings. The van der Waals surface area contributed by atoms with E-state index in [1.165, 1.54) is 5.32 Å². The lowest BCUT2D eigenvalue weighted by molar-refractivity contribution is -0.407. The van der Waals surface area contributed by atoms with Crippen molar-refractivity contribution >= 4 is 5.91 Å². The molecule has 2 aromatic carbocycles. The van der Waals surface area contributed by atoms with Crippen LogP contribution in [0.3, 0.4) is 0 Å². The number of hydrogen-bond acceptors (Lipinski definition) is 1. The molecule has 2 rings (SSSR count). The summed E-state index contributed by atoms with van der Waals surface area (Å²) in [6.45, 7) is -0.867. The average Bonchev–Trinajstić information content (AvgIpc) is 2.82. The quantitative estimate of drug-likeness (QED) is 0.314. The molecule has 1 amide bonds. The standard InChI is InChI=1S/C22H17F12NO/c23-16(24)18(25,26)20(29,30)22(33,34)21(31,32)19(27,28)17(36)35-12-11-15(13-7-3-1-4-8-13)14-9-5-2-6-10-14/h1-10,15-16H,11-12H2,(H,35,36). The maximum Gasteiger partial charge on any atom is 0.392 e. The van der Waals surface area contributed by atoms with Crippen LogP contribution in [0.25, 0.3) is 0 Å². The first-order valence-electron chi connectivity index (χ1n) is 9.98. The molecule has 1 N–H and O–H groups in total. The van der Waals surface area contributed by atoms with Crippen LogP contribution in [-0.4, -0.2) is 48.5 Å². The molecule has 0 radical (unpaired) electrons. The molecule has 2 nitrogen and oxygen atoms in total. The summed E-state index contributed by atoms with van der Waals surface area (Å²) in [7, 11) is 0. The summed E-state index contributed by atoms with van der Waals surface area (Å²) >= 11 is 0. The lowest BCUT2D eigenvalue weighted by atomic mass is 9.88. The molecule has 0 spiro atoms. The van der Waals surface area contributed by atoms with Gasteiger partial charge in [-0.1, -0.05) is 60.7 Å². The highest BCUT2D eigenvalue weighted by Crippen LogP contribution is 2.58. The number of hydrogen-bond donors (Lipinski definition) is 1. The van der Waals surface area contributed by atoms with E-state index in [0.29, 0.717) is 11.1 Å². The molecule has 0 heterocycles. The van der Waals surface area contributed by atoms with Crippen LogP contribution in [0.15, 0.2) is 60.7 Å². The summed E-state index contributed by atoms with van der Waals surface area (Å²) in [6, 6.07) is 16.1. The second-order valence-electron chi connectivity index (χ2n) is 7.64. The third kappa shape index (κ3) is 4.99. The molecular weight excluding hydrogens is 522 g/mol. The Hall–Kier alpha value is -2.93. The van der Waals surface area contributed by atoms with E-state index in [1.807, 2.05) is 0 Å². The number of benzene rings is 2. The minimum absolute atomic E-state index is 0.266. The van der Waals surface area contributed by atoms with Crippen molar-refractivity contribution in [1.82, 2.24) is 5.32 Å². The van der Waals surface area contributed by atoms with Crippen molar-refractivity contribution in [2.45, 2.75) is 48.4 Å². The molecule has 0 bridgehead atoms. The second-order valence-corrected chi connectivity index (χ2v) is 7.64. The van der Waals surface area contributed by atoms with Crippen LogP contribution in [0.1, 0.15) is 23.5 Å². The molecule has 0 aromatic heterocycles. The zero-order valence-corrected chi connectivity index (χ0v) is 17.8. The Balaban J connectivity index is 2.25. The van der Waals surface area contributed by atoms with Crippen molar-refractivity contribution in [3.8, 4) is 0 Å². The zero-order chi connectivity index (χ0) is 27.6. The van der Waals surface area contributed by atoms with Crippen molar-refractivity contribution in [1.29, 1.82) is 0 Å². The first kappa shape index (κ1) is 29.3. The van der Waals surface area contributed by atoms with Crippen molar-refractivity contribution in [3.05, 3.63) is 71.8 Å². The van der Waals surface area contributed by atoms with Crippen LogP contribution in [0.5, 0.6) is 0 Å². The summed E-state index contributed by atoms with van der Waals surface area (Å²) in [5, 5.41) is 1.20. The van der Waals surface area contributed by atoms with Gasteiger partial charge in [0, 0.05) is 12.5 Å². The van der Waals surface area contributed by atoms with E-state index in [1.54, 1.807) is 60.7 Å². The summed E-state index contributed by atoms with van der Waals surface area (Å²) in [5.41, 5.74) is 1.16. The lowest BCUT2D eigenvalue weighted by Crippen LogP contribution is -2.70. The van der Waals surface area contributed by atoms with E-state index in [2.05, 4.69) is 0 Å². The summed E-state index contributed by atoms with van der Waals surface area (Å²) < 4.78 is 160. The maximum atomic E-state index is 14.0. The number of alkyl halides is 12. The Bertz CT molecular complexity index is 973. The molecule has 0 saturated heterocycles. The van der Waals surface area contributed by atoms with Gasteiger partial charge in [-0.2, -0.15) is 43.9 Å². The molecule has 0 aliphatic carbocycles. The van der Waals surface area contributed by atoms with Gasteiger partial charge in [-0.3, -0.25) is 4.79 Å². The molecule has 0 atom stereocenters. The van der Waals surface area contributed by atoms with Crippen LogP contribution < -0.4 is 5.32 Å². The molecule has 0 unspecified atom stereocenters. The third-order valence-corrected chi connectivity index (χ3v) is 5.28. The number of rotatable bonds is 11. The van der Waals surface area contributed by atoms with Crippen molar-refractivity contribution in [2.24, 2.45) is 0 Å². The average molecular weight is 539 g/mol. The molecule has 0 aliphatic rings. The van der Waals surface area contributed by atoms with Gasteiger partial charge in [0.15, 0.2) is 0 Å². The predicted octanol–water partition coefficient (Wildman–Crippen LogP) is 6.77. The molecule has 0 aliphatic heterocycles. The highest BCUT2D eigenvalue weighted by atomic mass is 19.4. The monoisotopic (exact) mass is 539 g/mol. The normalized spacial score (nSPS) is 13.8. The minimum atomic E-state index is -7.75. The molecule has 200 valence electrons. The molecule has 14 heteroatoms. The Morgan fingerprint density at radius 2 is 1.08 bits per heavy atom. The summed E-state index contributed by atoms with van der Waals surface area (Å²) in [6.07, 6.45) is -5.87. The summed E-state index contributed by atoms with van der Waals surface area (Å²) in [4.78, 5) is 11.7. The Morgan fingerprint density at radius 3 is 1.47 bits per heavy atom. The zero-order valence-electron chi connectivity index (χ0n) is 17.8. The highest BCUT2D eigenvalue weighted by molar-refractivity contribution is 5.84. The number of halogens is 12. The van der Waals surface area contributed by atoms with Crippen molar-refractivity contribution < 1.29 is 57.5 Å². The Kier molecular flexibility index (Phi) is 8.31. The van der Waals surface area contributed by atoms with E-state index in [0.717, 1.165) is 0 Å². The molecule has 36 heavy (non-hydrogen) atoms. The third-order valence-electron chi connectivity index (χ3n) is 5.28. The smallest absolute Gasteiger partial charge is 0.351 e. The molecular formula is C22H17F12NO. The van der Waals surface area contributed by atoms with Crippen LogP contribution in [-0.2, 0) is 4.79 Å². The minimum Gasteiger partial charge on any atom is -0.351 e. The van der Waals surface area contributed by atoms with E-state index in [-0.39, 0.29) is 6.42 Å². The fraction of sp³-hybridized carbons (Fsp3) is 0.409. The van der Waals surface area contributed by atoms with Crippen LogP contribution >= 0.6 is 0 Å². The first-order valence-corrected chi connectivity index (χ1v) is 9.98. The van der Waals surface area contributed by atoms with Crippen molar-refractivity contribution in [2.75, 3.05) is 6.54 Å². The Morgan fingerprint density at radius 1 is 0.667 bits per heavy atom. The van der Waals surface area contributed by atoms with E-state index < -0.39 is 54.4 Å². The fourth-order valence-electron chi connectivity index (χ4n) is 3.22. The van der Waals surface area contributed by atoms with Gasteiger partial charge in [-0.25, -0.2) is 8.78 Å². The first-order chi connectivity index (χ1) is 16.4. The number of carbonyl (C=O) groups is 1. The highest BCUT2D eigenvalue weighted by Gasteiger charge is 2.89. The summed E-state index contributed by atoms with van der Waals surface area (Å²) in [5.74, 6) is -40.5. The molecule has 2 aromatic rings.